The van der Waals surface area contributed by atoms with Gasteiger partial charge in [0.25, 0.3) is 0 Å². The van der Waals surface area contributed by atoms with Crippen LogP contribution in [-0.4, -0.2) is 12.1 Å². The Kier molecular flexibility index (Phi) is 3.65. The molecule has 0 aliphatic heterocycles. The first-order valence-corrected chi connectivity index (χ1v) is 2.88. The molecule has 0 aromatic carbocycles. The number of hydrogen-bond acceptors (Lipinski definition) is 2. The van der Waals surface area contributed by atoms with Gasteiger partial charge in [0.05, 0.1) is 6.04 Å². The highest BCUT2D eigenvalue weighted by molar-refractivity contribution is 5.33. The highest BCUT2D eigenvalue weighted by atomic mass is 16.1. The van der Waals surface area contributed by atoms with E-state index in [9.17, 15) is 4.79 Å². The molecule has 2 heteroatoms. The van der Waals surface area contributed by atoms with E-state index in [-0.39, 0.29) is 6.04 Å². The molecule has 0 saturated heterocycles. The Morgan fingerprint density at radius 3 is 2.78 bits per heavy atom. The van der Waals surface area contributed by atoms with E-state index in [1.165, 1.54) is 6.08 Å². The highest BCUT2D eigenvalue weighted by Crippen LogP contribution is 2.02. The number of nitrogens with zero attached hydrogens (tertiary/aromatic N) is 1. The summed E-state index contributed by atoms with van der Waals surface area (Å²) in [6.07, 6.45) is 2.28. The van der Waals surface area contributed by atoms with E-state index >= 15 is 0 Å². The molecule has 0 aliphatic carbocycles. The summed E-state index contributed by atoms with van der Waals surface area (Å²) < 4.78 is 0. The van der Waals surface area contributed by atoms with Gasteiger partial charge in [-0.05, 0) is 20.3 Å². The van der Waals surface area contributed by atoms with Crippen LogP contribution in [0, 0.1) is 0 Å². The Balaban J connectivity index is 3.62. The van der Waals surface area contributed by atoms with E-state index in [0.717, 1.165) is 12.0 Å². The van der Waals surface area contributed by atoms with Crippen molar-refractivity contribution in [1.82, 2.24) is 0 Å². The molecule has 1 atom stereocenters. The third kappa shape index (κ3) is 4.98. The van der Waals surface area contributed by atoms with Crippen molar-refractivity contribution in [3.05, 3.63) is 12.2 Å². The van der Waals surface area contributed by atoms with Gasteiger partial charge in [0.15, 0.2) is 0 Å². The summed E-state index contributed by atoms with van der Waals surface area (Å²) in [5, 5.41) is 0. The minimum atomic E-state index is 0.0417. The van der Waals surface area contributed by atoms with Crippen LogP contribution < -0.4 is 0 Å². The average molecular weight is 125 g/mol. The number of hydrogen-bond donors (Lipinski definition) is 0. The molecule has 0 amide bonds. The summed E-state index contributed by atoms with van der Waals surface area (Å²) in [6, 6.07) is 0.0417. The first kappa shape index (κ1) is 8.12. The maximum absolute atomic E-state index is 9.68. The predicted octanol–water partition coefficient (Wildman–Crippen LogP) is 1.68. The third-order valence-corrected chi connectivity index (χ3v) is 0.917. The van der Waals surface area contributed by atoms with Crippen LogP contribution in [0.25, 0.3) is 0 Å². The molecule has 0 spiro atoms. The molecule has 50 valence electrons. The van der Waals surface area contributed by atoms with Gasteiger partial charge in [-0.3, -0.25) is 0 Å². The molecule has 0 heterocycles. The Bertz CT molecular complexity index is 145. The van der Waals surface area contributed by atoms with Crippen LogP contribution in [0.15, 0.2) is 17.1 Å². The monoisotopic (exact) mass is 125 g/mol. The van der Waals surface area contributed by atoms with Crippen molar-refractivity contribution in [2.24, 2.45) is 4.99 Å². The lowest BCUT2D eigenvalue weighted by molar-refractivity contribution is 0.558. The molecule has 1 unspecified atom stereocenters. The van der Waals surface area contributed by atoms with Crippen LogP contribution >= 0.6 is 0 Å². The Hall–Kier alpha value is -0.880. The van der Waals surface area contributed by atoms with Crippen molar-refractivity contribution in [2.75, 3.05) is 0 Å². The molecule has 0 bridgehead atoms. The smallest absolute Gasteiger partial charge is 0.211 e. The molecular weight excluding hydrogens is 114 g/mol. The highest BCUT2D eigenvalue weighted by Gasteiger charge is 1.96. The fraction of sp³-hybridized carbons (Fsp3) is 0.571. The van der Waals surface area contributed by atoms with E-state index in [4.69, 9.17) is 0 Å². The summed E-state index contributed by atoms with van der Waals surface area (Å²) in [6.45, 7) is 7.46. The summed E-state index contributed by atoms with van der Waals surface area (Å²) in [7, 11) is 0. The van der Waals surface area contributed by atoms with Gasteiger partial charge in [0, 0.05) is 0 Å². The summed E-state index contributed by atoms with van der Waals surface area (Å²) >= 11 is 0. The second kappa shape index (κ2) is 4.04. The van der Waals surface area contributed by atoms with Gasteiger partial charge in [0.2, 0.25) is 6.08 Å². The first-order chi connectivity index (χ1) is 4.16. The van der Waals surface area contributed by atoms with Gasteiger partial charge >= 0.3 is 0 Å². The normalized spacial score (nSPS) is 11.8. The van der Waals surface area contributed by atoms with E-state index in [2.05, 4.69) is 11.6 Å². The van der Waals surface area contributed by atoms with Gasteiger partial charge < -0.3 is 0 Å². The summed E-state index contributed by atoms with van der Waals surface area (Å²) in [4.78, 5) is 13.2. The van der Waals surface area contributed by atoms with Crippen molar-refractivity contribution in [2.45, 2.75) is 26.3 Å². The zero-order chi connectivity index (χ0) is 7.28. The lowest BCUT2D eigenvalue weighted by atomic mass is 10.1. The lowest BCUT2D eigenvalue weighted by Crippen LogP contribution is -1.96. The Morgan fingerprint density at radius 2 is 2.44 bits per heavy atom. The molecule has 0 aromatic rings. The van der Waals surface area contributed by atoms with Gasteiger partial charge in [-0.2, -0.15) is 0 Å². The van der Waals surface area contributed by atoms with Crippen LogP contribution in [0.5, 0.6) is 0 Å². The maximum Gasteiger partial charge on any atom is 0.235 e. The topological polar surface area (TPSA) is 29.4 Å². The molecule has 9 heavy (non-hydrogen) atoms. The Labute approximate surface area is 55.3 Å². The lowest BCUT2D eigenvalue weighted by Gasteiger charge is -2.00. The zero-order valence-electron chi connectivity index (χ0n) is 5.85. The SMILES string of the molecule is C=C(C)CC(C)N=C=O. The molecule has 0 N–H and O–H groups in total. The molecule has 0 saturated carbocycles. The van der Waals surface area contributed by atoms with Gasteiger partial charge in [-0.1, -0.05) is 5.57 Å². The number of isocyanates is 1. The molecule has 0 rings (SSSR count). The van der Waals surface area contributed by atoms with Gasteiger partial charge in [0.1, 0.15) is 0 Å². The second-order valence-corrected chi connectivity index (χ2v) is 2.23. The molecular formula is C7H11NO. The predicted molar refractivity (Wildman–Crippen MR) is 37.0 cm³/mol. The number of rotatable bonds is 3. The quantitative estimate of drug-likeness (QED) is 0.320. The molecule has 0 fully saturated rings. The third-order valence-electron chi connectivity index (χ3n) is 0.917. The van der Waals surface area contributed by atoms with Gasteiger partial charge in [-0.25, -0.2) is 9.79 Å². The van der Waals surface area contributed by atoms with E-state index in [1.54, 1.807) is 0 Å². The first-order valence-electron chi connectivity index (χ1n) is 2.88. The summed E-state index contributed by atoms with van der Waals surface area (Å²) in [5.41, 5.74) is 1.04. The van der Waals surface area contributed by atoms with Crippen LogP contribution in [0.4, 0.5) is 0 Å². The van der Waals surface area contributed by atoms with E-state index in [1.807, 2.05) is 13.8 Å². The largest absolute Gasteiger partial charge is 0.235 e. The molecule has 0 aliphatic rings. The fourth-order valence-electron chi connectivity index (χ4n) is 0.640. The minimum absolute atomic E-state index is 0.0417. The van der Waals surface area contributed by atoms with Crippen LogP contribution in [0.3, 0.4) is 0 Å². The molecule has 0 aromatic heterocycles. The molecule has 2 nitrogen and oxygen atoms in total. The number of aliphatic imine (C=N–C) groups is 1. The number of carbonyl (C=O) groups excluding carboxylic acids is 1. The summed E-state index contributed by atoms with van der Waals surface area (Å²) in [5.74, 6) is 0. The van der Waals surface area contributed by atoms with Crippen molar-refractivity contribution in [1.29, 1.82) is 0 Å². The Morgan fingerprint density at radius 1 is 1.89 bits per heavy atom. The van der Waals surface area contributed by atoms with Crippen LogP contribution in [0.1, 0.15) is 20.3 Å². The second-order valence-electron chi connectivity index (χ2n) is 2.23. The van der Waals surface area contributed by atoms with Crippen molar-refractivity contribution < 1.29 is 4.79 Å². The minimum Gasteiger partial charge on any atom is -0.211 e. The van der Waals surface area contributed by atoms with E-state index in [0.29, 0.717) is 0 Å². The fourth-order valence-corrected chi connectivity index (χ4v) is 0.640. The van der Waals surface area contributed by atoms with Crippen molar-refractivity contribution >= 4 is 6.08 Å². The van der Waals surface area contributed by atoms with Crippen molar-refractivity contribution in [3.63, 3.8) is 0 Å². The average Bonchev–Trinajstić information content (AvgIpc) is 1.63. The van der Waals surface area contributed by atoms with Crippen molar-refractivity contribution in [3.8, 4) is 0 Å². The zero-order valence-corrected chi connectivity index (χ0v) is 5.85. The van der Waals surface area contributed by atoms with Crippen LogP contribution in [0.2, 0.25) is 0 Å². The van der Waals surface area contributed by atoms with Crippen LogP contribution in [-0.2, 0) is 4.79 Å². The van der Waals surface area contributed by atoms with Gasteiger partial charge in [-0.15, -0.1) is 6.58 Å². The maximum atomic E-state index is 9.68. The van der Waals surface area contributed by atoms with E-state index < -0.39 is 0 Å². The molecule has 0 radical (unpaired) electrons. The standard InChI is InChI=1S/C7H11NO/c1-6(2)4-7(3)8-5-9/h7H,1,4H2,2-3H3.